The Balaban J connectivity index is 1.38. The molecule has 0 radical (unpaired) electrons. The third kappa shape index (κ3) is 5.30. The van der Waals surface area contributed by atoms with Crippen molar-refractivity contribution in [2.75, 3.05) is 53.0 Å². The van der Waals surface area contributed by atoms with Gasteiger partial charge in [-0.1, -0.05) is 43.7 Å². The molecular formula is C35H53N5O5. The van der Waals surface area contributed by atoms with Crippen LogP contribution in [0.5, 0.6) is 0 Å². The van der Waals surface area contributed by atoms with Gasteiger partial charge in [0.15, 0.2) is 5.96 Å². The number of aliphatic hydroxyl groups is 2. The molecule has 0 saturated heterocycles. The Morgan fingerprint density at radius 3 is 2.78 bits per heavy atom. The zero-order chi connectivity index (χ0) is 31.8. The van der Waals surface area contributed by atoms with E-state index < -0.39 is 17.0 Å². The van der Waals surface area contributed by atoms with E-state index in [0.29, 0.717) is 50.9 Å². The van der Waals surface area contributed by atoms with Gasteiger partial charge in [0.05, 0.1) is 31.4 Å². The van der Waals surface area contributed by atoms with Crippen molar-refractivity contribution in [3.05, 3.63) is 47.7 Å². The lowest BCUT2D eigenvalue weighted by molar-refractivity contribution is -0.144. The van der Waals surface area contributed by atoms with Crippen LogP contribution >= 0.6 is 0 Å². The average molecular weight is 624 g/mol. The van der Waals surface area contributed by atoms with Gasteiger partial charge in [0.1, 0.15) is 5.60 Å². The number of carboxylic acids is 1. The second-order valence-corrected chi connectivity index (χ2v) is 14.4. The first-order chi connectivity index (χ1) is 21.7. The lowest BCUT2D eigenvalue weighted by atomic mass is 9.46. The standard InChI is InChI=1S/C35H53N5O5/c1-23-10-11-25-18-28-30(31(42)43)33(44,22-45-29-9-5-7-24-6-3-4-8-27(24)29)20-34(23,28)35(25)21-40(32(36)39-14-13-37-2)16-12-26(35)19-38-15-17-41/h3-4,6,8,12,16,23-27,29,37-38,41,44H,5,7,9-11,13-15,17-22H2,1-2H3,(H2,36,39)(H,42,43). The number of aliphatic carboxylic acids is 1. The summed E-state index contributed by atoms with van der Waals surface area (Å²) in [5, 5.41) is 39.5. The molecular weight excluding hydrogens is 570 g/mol. The summed E-state index contributed by atoms with van der Waals surface area (Å²) in [7, 11) is 1.89. The highest BCUT2D eigenvalue weighted by molar-refractivity contribution is 5.92. The van der Waals surface area contributed by atoms with Crippen molar-refractivity contribution in [1.29, 1.82) is 0 Å². The van der Waals surface area contributed by atoms with Gasteiger partial charge in [-0.25, -0.2) is 4.79 Å². The first-order valence-electron chi connectivity index (χ1n) is 17.1. The van der Waals surface area contributed by atoms with E-state index in [4.69, 9.17) is 10.5 Å². The Morgan fingerprint density at radius 1 is 1.18 bits per heavy atom. The summed E-state index contributed by atoms with van der Waals surface area (Å²) < 4.78 is 6.61. The maximum Gasteiger partial charge on any atom is 0.334 e. The molecule has 6 rings (SSSR count). The molecule has 9 atom stereocenters. The van der Waals surface area contributed by atoms with Crippen molar-refractivity contribution in [1.82, 2.24) is 15.5 Å². The molecule has 0 aromatic rings. The number of nitrogens with one attached hydrogen (secondary N) is 2. The number of hydrogen-bond acceptors (Lipinski definition) is 7. The van der Waals surface area contributed by atoms with Crippen LogP contribution in [0.1, 0.15) is 51.9 Å². The van der Waals surface area contributed by atoms with Crippen LogP contribution in [0.15, 0.2) is 52.7 Å². The number of hydrogen-bond donors (Lipinski definition) is 6. The first-order valence-corrected chi connectivity index (χ1v) is 17.1. The van der Waals surface area contributed by atoms with Crippen LogP contribution in [0.3, 0.4) is 0 Å². The fourth-order valence-corrected chi connectivity index (χ4v) is 10.5. The monoisotopic (exact) mass is 623 g/mol. The first kappa shape index (κ1) is 32.4. The molecule has 2 bridgehead atoms. The second-order valence-electron chi connectivity index (χ2n) is 14.4. The lowest BCUT2D eigenvalue weighted by Gasteiger charge is -2.61. The number of likely N-dealkylation sites (N-methyl/N-ethyl adjacent to an activating group) is 1. The Hall–Kier alpha value is -2.50. The van der Waals surface area contributed by atoms with Gasteiger partial charge in [0.2, 0.25) is 0 Å². The number of carbonyl (C=O) groups is 1. The van der Waals surface area contributed by atoms with Crippen molar-refractivity contribution >= 4 is 11.9 Å². The molecule has 2 spiro atoms. The van der Waals surface area contributed by atoms with Crippen molar-refractivity contribution in [3.63, 3.8) is 0 Å². The number of nitrogens with two attached hydrogens (primary N) is 1. The molecule has 3 saturated carbocycles. The van der Waals surface area contributed by atoms with E-state index in [2.05, 4.69) is 52.9 Å². The summed E-state index contributed by atoms with van der Waals surface area (Å²) in [4.78, 5) is 19.9. The summed E-state index contributed by atoms with van der Waals surface area (Å²) in [6, 6.07) is 0. The minimum Gasteiger partial charge on any atom is -0.478 e. The zero-order valence-corrected chi connectivity index (χ0v) is 27.0. The highest BCUT2D eigenvalue weighted by atomic mass is 16.5. The quantitative estimate of drug-likeness (QED) is 0.116. The smallest absolute Gasteiger partial charge is 0.334 e. The largest absolute Gasteiger partial charge is 0.478 e. The van der Waals surface area contributed by atoms with Gasteiger partial charge >= 0.3 is 5.97 Å². The van der Waals surface area contributed by atoms with E-state index in [1.165, 1.54) is 0 Å². The molecule has 3 fully saturated rings. The summed E-state index contributed by atoms with van der Waals surface area (Å²) in [6.07, 6.45) is 18.9. The Morgan fingerprint density at radius 2 is 2.00 bits per heavy atom. The predicted molar refractivity (Wildman–Crippen MR) is 174 cm³/mol. The molecule has 1 heterocycles. The van der Waals surface area contributed by atoms with Gasteiger partial charge in [-0.05, 0) is 74.8 Å². The van der Waals surface area contributed by atoms with E-state index in [1.54, 1.807) is 0 Å². The maximum absolute atomic E-state index is 13.2. The van der Waals surface area contributed by atoms with E-state index in [-0.39, 0.29) is 54.0 Å². The molecule has 7 N–H and O–H groups in total. The molecule has 0 aromatic carbocycles. The third-order valence-corrected chi connectivity index (χ3v) is 12.4. The number of nitrogens with zero attached hydrogens (tertiary/aromatic N) is 2. The van der Waals surface area contributed by atoms with Crippen molar-refractivity contribution in [3.8, 4) is 0 Å². The Labute approximate surface area is 267 Å². The number of ether oxygens (including phenoxy) is 1. The number of allylic oxidation sites excluding steroid dienone is 4. The number of carboxylic acid groups (broad SMARTS) is 1. The topological polar surface area (TPSA) is 153 Å². The molecule has 0 aromatic heterocycles. The van der Waals surface area contributed by atoms with Crippen LogP contribution < -0.4 is 16.4 Å². The predicted octanol–water partition coefficient (Wildman–Crippen LogP) is 2.41. The van der Waals surface area contributed by atoms with Crippen LogP contribution in [-0.4, -0.2) is 96.8 Å². The van der Waals surface area contributed by atoms with Crippen LogP contribution in [-0.2, 0) is 9.53 Å². The van der Waals surface area contributed by atoms with Gasteiger partial charge in [-0.15, -0.1) is 0 Å². The lowest BCUT2D eigenvalue weighted by Crippen LogP contribution is -2.62. The van der Waals surface area contributed by atoms with Gasteiger partial charge in [-0.3, -0.25) is 4.99 Å². The summed E-state index contributed by atoms with van der Waals surface area (Å²) in [5.74, 6) is 0.566. The molecule has 10 nitrogen and oxygen atoms in total. The summed E-state index contributed by atoms with van der Waals surface area (Å²) in [5.41, 5.74) is 5.19. The molecule has 248 valence electrons. The zero-order valence-electron chi connectivity index (χ0n) is 27.0. The van der Waals surface area contributed by atoms with E-state index >= 15 is 0 Å². The van der Waals surface area contributed by atoms with E-state index in [1.807, 2.05) is 18.1 Å². The fourth-order valence-electron chi connectivity index (χ4n) is 10.5. The highest BCUT2D eigenvalue weighted by Crippen LogP contribution is 2.77. The minimum atomic E-state index is -1.59. The van der Waals surface area contributed by atoms with Crippen LogP contribution in [0, 0.1) is 40.4 Å². The number of aliphatic hydroxyl groups excluding tert-OH is 1. The number of guanidine groups is 1. The van der Waals surface area contributed by atoms with Gasteiger partial charge in [-0.2, -0.15) is 0 Å². The van der Waals surface area contributed by atoms with E-state index in [9.17, 15) is 20.1 Å². The highest BCUT2D eigenvalue weighted by Gasteiger charge is 2.75. The van der Waals surface area contributed by atoms with Gasteiger partial charge in [0, 0.05) is 49.1 Å². The maximum atomic E-state index is 13.2. The molecule has 10 heteroatoms. The number of rotatable bonds is 11. The van der Waals surface area contributed by atoms with Crippen molar-refractivity contribution < 1.29 is 24.9 Å². The Kier molecular flexibility index (Phi) is 9.34. The molecule has 45 heavy (non-hydrogen) atoms. The van der Waals surface area contributed by atoms with Crippen LogP contribution in [0.25, 0.3) is 0 Å². The number of aliphatic imine (C=N–C) groups is 1. The molecule has 6 aliphatic rings. The summed E-state index contributed by atoms with van der Waals surface area (Å²) >= 11 is 0. The molecule has 0 amide bonds. The van der Waals surface area contributed by atoms with Gasteiger partial charge < -0.3 is 41.3 Å². The minimum absolute atomic E-state index is 0.0145. The third-order valence-electron chi connectivity index (χ3n) is 12.4. The number of fused-ring (bicyclic) bond motifs is 1. The Bertz CT molecular complexity index is 1280. The van der Waals surface area contributed by atoms with E-state index in [0.717, 1.165) is 44.2 Å². The van der Waals surface area contributed by atoms with Crippen LogP contribution in [0.2, 0.25) is 0 Å². The SMILES string of the molecule is CNCCN=C(N)N1C=CC(CNCCO)C2(C1)C1CCC(C)C23CC(O)(COC2CCCC4C=CC=CC42)C(C(=O)O)=C3C1. The van der Waals surface area contributed by atoms with Crippen molar-refractivity contribution in [2.24, 2.45) is 51.1 Å². The van der Waals surface area contributed by atoms with Crippen LogP contribution in [0.4, 0.5) is 0 Å². The van der Waals surface area contributed by atoms with Gasteiger partial charge in [0.25, 0.3) is 0 Å². The average Bonchev–Trinajstić information content (AvgIpc) is 3.38. The molecule has 9 unspecified atom stereocenters. The fraction of sp³-hybridized carbons (Fsp3) is 0.714. The normalized spacial score (nSPS) is 40.4. The molecule has 1 aliphatic heterocycles. The second kappa shape index (κ2) is 13.0. The van der Waals surface area contributed by atoms with Crippen molar-refractivity contribution in [2.45, 2.75) is 63.6 Å². The summed E-state index contributed by atoms with van der Waals surface area (Å²) in [6.45, 7) is 5.32. The molecule has 5 aliphatic carbocycles.